The van der Waals surface area contributed by atoms with Crippen molar-refractivity contribution in [3.8, 4) is 0 Å². The van der Waals surface area contributed by atoms with E-state index in [4.69, 9.17) is 0 Å². The van der Waals surface area contributed by atoms with Crippen LogP contribution in [0.2, 0.25) is 0 Å². The average molecular weight is 205 g/mol. The van der Waals surface area contributed by atoms with Crippen LogP contribution in [0.15, 0.2) is 0 Å². The molecule has 0 aliphatic rings. The summed E-state index contributed by atoms with van der Waals surface area (Å²) in [7, 11) is -12.0. The summed E-state index contributed by atoms with van der Waals surface area (Å²) in [4.78, 5) is 0. The summed E-state index contributed by atoms with van der Waals surface area (Å²) in [6.45, 7) is 0. The van der Waals surface area contributed by atoms with Gasteiger partial charge in [-0.05, 0) is 0 Å². The fourth-order valence-electron chi connectivity index (χ4n) is 0.0971. The number of rotatable bonds is 2. The Morgan fingerprint density at radius 3 is 1.10 bits per heavy atom. The molecule has 0 aromatic carbocycles. The summed E-state index contributed by atoms with van der Waals surface area (Å²) in [5.74, 6) is 0. The van der Waals surface area contributed by atoms with E-state index in [9.17, 15) is 24.6 Å². The molecule has 0 aromatic rings. The third kappa shape index (κ3) is 11.5. The Bertz CT molecular complexity index is 244. The Labute approximate surface area is 71.8 Å². The standard InChI is InChI=1S/F2O4S3.Li/c1-8(3,4)7-9(2,5)6;. The maximum atomic E-state index is 11.2. The van der Waals surface area contributed by atoms with Crippen LogP contribution in [0.1, 0.15) is 0 Å². The zero-order chi connectivity index (χ0) is 7.71. The minimum absolute atomic E-state index is 0. The van der Waals surface area contributed by atoms with E-state index in [1.165, 1.54) is 0 Å². The molecule has 0 rings (SSSR count). The van der Waals surface area contributed by atoms with E-state index in [0.717, 1.165) is 0 Å². The molecule has 0 amide bonds. The van der Waals surface area contributed by atoms with E-state index in [-0.39, 0.29) is 18.9 Å². The van der Waals surface area contributed by atoms with Gasteiger partial charge in [0.05, 0.1) is 0 Å². The maximum Gasteiger partial charge on any atom is 0.374 e. The van der Waals surface area contributed by atoms with Crippen LogP contribution < -0.4 is 0 Å². The monoisotopic (exact) mass is 205 g/mol. The van der Waals surface area contributed by atoms with Gasteiger partial charge in [0.2, 0.25) is 0 Å². The second-order valence-corrected chi connectivity index (χ2v) is 6.58. The van der Waals surface area contributed by atoms with Crippen LogP contribution in [-0.2, 0) is 18.5 Å². The molecule has 0 unspecified atom stereocenters. The van der Waals surface area contributed by atoms with E-state index < -0.39 is 28.3 Å². The van der Waals surface area contributed by atoms with Crippen molar-refractivity contribution in [2.24, 2.45) is 0 Å². The molecule has 0 heterocycles. The van der Waals surface area contributed by atoms with E-state index in [1.807, 2.05) is 0 Å². The van der Waals surface area contributed by atoms with Crippen molar-refractivity contribution in [2.45, 2.75) is 0 Å². The third-order valence-electron chi connectivity index (χ3n) is 0.163. The summed E-state index contributed by atoms with van der Waals surface area (Å²) < 4.78 is 59.7. The molecule has 0 N–H and O–H groups in total. The van der Waals surface area contributed by atoms with Crippen LogP contribution in [0.4, 0.5) is 7.77 Å². The molecule has 0 saturated heterocycles. The Hall–Kier alpha value is 0.707. The molecule has 0 aliphatic carbocycles. The molecule has 0 aliphatic heterocycles. The van der Waals surface area contributed by atoms with Gasteiger partial charge in [-0.15, -0.1) is 0 Å². The number of hydrogen-bond donors (Lipinski definition) is 0. The van der Waals surface area contributed by atoms with Gasteiger partial charge >= 0.3 is 18.5 Å². The summed E-state index contributed by atoms with van der Waals surface area (Å²) >= 11 is 0. The second-order valence-electron chi connectivity index (χ2n) is 0.854. The zero-order valence-corrected chi connectivity index (χ0v) is 7.06. The first-order valence-electron chi connectivity index (χ1n) is 1.31. The Kier molecular flexibility index (Phi) is 5.21. The minimum Gasteiger partial charge on any atom is -0.181 e. The van der Waals surface area contributed by atoms with Gasteiger partial charge in [0.1, 0.15) is 0 Å². The van der Waals surface area contributed by atoms with Crippen molar-refractivity contribution in [1.29, 1.82) is 0 Å². The third-order valence-corrected chi connectivity index (χ3v) is 4.39. The molecule has 0 spiro atoms. The zero-order valence-electron chi connectivity index (χ0n) is 4.61. The maximum absolute atomic E-state index is 11.2. The Balaban J connectivity index is 0. The summed E-state index contributed by atoms with van der Waals surface area (Å²) in [5.41, 5.74) is 0. The summed E-state index contributed by atoms with van der Waals surface area (Å²) in [6, 6.07) is 0. The SMILES string of the molecule is O=S(=O)(F)SS(=O)(=O)F.[Li]. The number of halogens is 2. The largest absolute Gasteiger partial charge is 0.374 e. The topological polar surface area (TPSA) is 68.3 Å². The van der Waals surface area contributed by atoms with Crippen LogP contribution in [0.5, 0.6) is 0 Å². The molecule has 0 atom stereocenters. The van der Waals surface area contributed by atoms with E-state index in [2.05, 4.69) is 0 Å². The molecule has 0 saturated carbocycles. The van der Waals surface area contributed by atoms with Crippen LogP contribution in [-0.4, -0.2) is 35.7 Å². The second kappa shape index (κ2) is 3.92. The van der Waals surface area contributed by atoms with Crippen molar-refractivity contribution in [2.75, 3.05) is 0 Å². The van der Waals surface area contributed by atoms with Gasteiger partial charge in [-0.25, -0.2) is 0 Å². The summed E-state index contributed by atoms with van der Waals surface area (Å²) in [6.07, 6.45) is 0. The molecule has 0 aromatic heterocycles. The predicted molar refractivity (Wildman–Crippen MR) is 33.4 cm³/mol. The fraction of sp³-hybridized carbons (Fsp3) is 0. The van der Waals surface area contributed by atoms with Gasteiger partial charge in [-0.3, -0.25) is 0 Å². The number of hydrogen-bond acceptors (Lipinski definition) is 5. The molecular weight excluding hydrogens is 205 g/mol. The van der Waals surface area contributed by atoms with Crippen LogP contribution in [0, 0.1) is 0 Å². The quantitative estimate of drug-likeness (QED) is 0.354. The van der Waals surface area contributed by atoms with Crippen molar-refractivity contribution < 1.29 is 24.6 Å². The van der Waals surface area contributed by atoms with Gasteiger partial charge in [0, 0.05) is 18.9 Å². The first-order chi connectivity index (χ1) is 3.71. The summed E-state index contributed by atoms with van der Waals surface area (Å²) in [5, 5.41) is 0. The molecule has 10 heteroatoms. The van der Waals surface area contributed by atoms with E-state index in [0.29, 0.717) is 0 Å². The van der Waals surface area contributed by atoms with Crippen molar-refractivity contribution in [1.82, 2.24) is 0 Å². The van der Waals surface area contributed by atoms with Gasteiger partial charge in [0.15, 0.2) is 9.83 Å². The molecule has 10 heavy (non-hydrogen) atoms. The first kappa shape index (κ1) is 13.3. The average Bonchev–Trinajstić information content (AvgIpc) is 1.14. The van der Waals surface area contributed by atoms with Gasteiger partial charge in [0.25, 0.3) is 0 Å². The van der Waals surface area contributed by atoms with Gasteiger partial charge in [-0.2, -0.15) is 16.8 Å². The fourth-order valence-corrected chi connectivity index (χ4v) is 2.62. The molecule has 4 nitrogen and oxygen atoms in total. The Morgan fingerprint density at radius 2 is 1.10 bits per heavy atom. The Morgan fingerprint density at radius 1 is 0.900 bits per heavy atom. The van der Waals surface area contributed by atoms with Crippen molar-refractivity contribution in [3.63, 3.8) is 0 Å². The van der Waals surface area contributed by atoms with Gasteiger partial charge in [-0.1, -0.05) is 7.77 Å². The molecule has 0 fully saturated rings. The first-order valence-corrected chi connectivity index (χ1v) is 5.93. The normalized spacial score (nSPS) is 12.2. The van der Waals surface area contributed by atoms with Crippen molar-refractivity contribution >= 4 is 47.2 Å². The predicted octanol–water partition coefficient (Wildman–Crippen LogP) is -0.233. The van der Waals surface area contributed by atoms with E-state index in [1.54, 1.807) is 0 Å². The van der Waals surface area contributed by atoms with Crippen molar-refractivity contribution in [3.05, 3.63) is 0 Å². The smallest absolute Gasteiger partial charge is 0.181 e. The molecule has 0 bridgehead atoms. The van der Waals surface area contributed by atoms with Crippen LogP contribution >= 0.6 is 9.83 Å². The van der Waals surface area contributed by atoms with Gasteiger partial charge < -0.3 is 0 Å². The van der Waals surface area contributed by atoms with Crippen LogP contribution in [0.3, 0.4) is 0 Å². The van der Waals surface area contributed by atoms with Crippen LogP contribution in [0.25, 0.3) is 0 Å². The minimum atomic E-state index is -5.33. The molecular formula is F2LiO4S3. The molecule has 57 valence electrons. The van der Waals surface area contributed by atoms with E-state index >= 15 is 0 Å². The molecule has 1 radical (unpaired) electrons.